The van der Waals surface area contributed by atoms with Crippen LogP contribution in [-0.2, 0) is 4.79 Å². The van der Waals surface area contributed by atoms with E-state index in [4.69, 9.17) is 5.11 Å². The molecular formula is C11H15N5O3. The number of nitrogens with one attached hydrogen (secondary N) is 2. The third kappa shape index (κ3) is 3.87. The molecule has 0 bridgehead atoms. The lowest BCUT2D eigenvalue weighted by Gasteiger charge is -2.27. The average Bonchev–Trinajstić information content (AvgIpc) is 2.40. The Hall–Kier alpha value is -2.25. The van der Waals surface area contributed by atoms with Crippen LogP contribution in [0, 0.1) is 5.92 Å². The first-order valence-corrected chi connectivity index (χ1v) is 6.09. The van der Waals surface area contributed by atoms with E-state index in [0.29, 0.717) is 12.8 Å². The molecule has 8 heteroatoms. The number of carbonyl (C=O) groups is 2. The summed E-state index contributed by atoms with van der Waals surface area (Å²) in [5, 5.41) is 21.4. The largest absolute Gasteiger partial charge is 0.481 e. The zero-order valence-corrected chi connectivity index (χ0v) is 10.2. The lowest BCUT2D eigenvalue weighted by Crippen LogP contribution is -2.42. The van der Waals surface area contributed by atoms with Crippen LogP contribution in [0.5, 0.6) is 0 Å². The van der Waals surface area contributed by atoms with Gasteiger partial charge < -0.3 is 10.4 Å². The monoisotopic (exact) mass is 265 g/mol. The summed E-state index contributed by atoms with van der Waals surface area (Å²) in [7, 11) is 0. The quantitative estimate of drug-likeness (QED) is 0.738. The number of urea groups is 1. The van der Waals surface area contributed by atoms with E-state index in [1.807, 2.05) is 0 Å². The van der Waals surface area contributed by atoms with Gasteiger partial charge in [0.05, 0.1) is 18.3 Å². The van der Waals surface area contributed by atoms with Crippen molar-refractivity contribution in [2.24, 2.45) is 5.92 Å². The number of carbonyl (C=O) groups excluding carboxylic acids is 1. The van der Waals surface area contributed by atoms with Crippen molar-refractivity contribution in [3.05, 3.63) is 12.4 Å². The van der Waals surface area contributed by atoms with Crippen molar-refractivity contribution in [3.63, 3.8) is 0 Å². The second-order valence-corrected chi connectivity index (χ2v) is 4.46. The van der Waals surface area contributed by atoms with Gasteiger partial charge in [0.2, 0.25) is 0 Å². The topological polar surface area (TPSA) is 117 Å². The molecule has 2 unspecified atom stereocenters. The van der Waals surface area contributed by atoms with Gasteiger partial charge in [0.25, 0.3) is 5.95 Å². The molecule has 3 N–H and O–H groups in total. The highest BCUT2D eigenvalue weighted by molar-refractivity contribution is 5.87. The molecule has 1 fully saturated rings. The molecule has 1 saturated carbocycles. The number of anilines is 1. The van der Waals surface area contributed by atoms with Gasteiger partial charge in [0.15, 0.2) is 0 Å². The van der Waals surface area contributed by atoms with Gasteiger partial charge in [-0.25, -0.2) is 9.78 Å². The highest BCUT2D eigenvalue weighted by Crippen LogP contribution is 2.24. The van der Waals surface area contributed by atoms with Crippen LogP contribution in [0.15, 0.2) is 12.4 Å². The minimum Gasteiger partial charge on any atom is -0.481 e. The zero-order chi connectivity index (χ0) is 13.7. The fourth-order valence-electron chi connectivity index (χ4n) is 2.17. The van der Waals surface area contributed by atoms with Gasteiger partial charge in [-0.2, -0.15) is 5.10 Å². The van der Waals surface area contributed by atoms with E-state index >= 15 is 0 Å². The van der Waals surface area contributed by atoms with Crippen LogP contribution in [0.2, 0.25) is 0 Å². The van der Waals surface area contributed by atoms with Crippen molar-refractivity contribution in [3.8, 4) is 0 Å². The van der Waals surface area contributed by atoms with Crippen LogP contribution in [0.1, 0.15) is 25.7 Å². The Morgan fingerprint density at radius 1 is 1.32 bits per heavy atom. The third-order valence-electron chi connectivity index (χ3n) is 3.07. The number of nitrogens with zero attached hydrogens (tertiary/aromatic N) is 3. The molecule has 2 rings (SSSR count). The SMILES string of the molecule is O=C(Nc1nccnn1)NC1CCCC(C(=O)O)C1. The van der Waals surface area contributed by atoms with Crippen molar-refractivity contribution in [1.29, 1.82) is 0 Å². The summed E-state index contributed by atoms with van der Waals surface area (Å²) >= 11 is 0. The molecule has 0 radical (unpaired) electrons. The molecule has 8 nitrogen and oxygen atoms in total. The molecule has 1 aromatic rings. The van der Waals surface area contributed by atoms with E-state index in [2.05, 4.69) is 25.8 Å². The predicted molar refractivity (Wildman–Crippen MR) is 65.4 cm³/mol. The fourth-order valence-corrected chi connectivity index (χ4v) is 2.17. The van der Waals surface area contributed by atoms with E-state index in [1.54, 1.807) is 0 Å². The fraction of sp³-hybridized carbons (Fsp3) is 0.545. The maximum atomic E-state index is 11.7. The van der Waals surface area contributed by atoms with Crippen LogP contribution in [-0.4, -0.2) is 38.3 Å². The summed E-state index contributed by atoms with van der Waals surface area (Å²) in [6.07, 6.45) is 5.53. The van der Waals surface area contributed by atoms with E-state index < -0.39 is 12.0 Å². The van der Waals surface area contributed by atoms with E-state index in [-0.39, 0.29) is 17.9 Å². The summed E-state index contributed by atoms with van der Waals surface area (Å²) in [6.45, 7) is 0. The first-order chi connectivity index (χ1) is 9.15. The average molecular weight is 265 g/mol. The number of aromatic nitrogens is 3. The van der Waals surface area contributed by atoms with Gasteiger partial charge in [-0.1, -0.05) is 6.42 Å². The molecule has 1 heterocycles. The van der Waals surface area contributed by atoms with Crippen LogP contribution >= 0.6 is 0 Å². The molecule has 1 aliphatic rings. The normalized spacial score (nSPS) is 22.5. The molecule has 0 aliphatic heterocycles. The summed E-state index contributed by atoms with van der Waals surface area (Å²) in [4.78, 5) is 26.4. The summed E-state index contributed by atoms with van der Waals surface area (Å²) in [5.74, 6) is -1.07. The van der Waals surface area contributed by atoms with Crippen LogP contribution in [0.25, 0.3) is 0 Å². The van der Waals surface area contributed by atoms with Crippen LogP contribution in [0.3, 0.4) is 0 Å². The van der Waals surface area contributed by atoms with E-state index in [9.17, 15) is 9.59 Å². The highest BCUT2D eigenvalue weighted by Gasteiger charge is 2.27. The maximum absolute atomic E-state index is 11.7. The number of amides is 2. The van der Waals surface area contributed by atoms with Gasteiger partial charge in [-0.05, 0) is 19.3 Å². The predicted octanol–water partition coefficient (Wildman–Crippen LogP) is 0.636. The first-order valence-electron chi connectivity index (χ1n) is 6.09. The number of hydrogen-bond donors (Lipinski definition) is 3. The van der Waals surface area contributed by atoms with Crippen molar-refractivity contribution < 1.29 is 14.7 Å². The molecule has 19 heavy (non-hydrogen) atoms. The first kappa shape index (κ1) is 13.2. The Balaban J connectivity index is 1.83. The minimum absolute atomic E-state index is 0.116. The smallest absolute Gasteiger partial charge is 0.321 e. The molecule has 0 aromatic carbocycles. The number of carboxylic acids is 1. The second kappa shape index (κ2) is 6.07. The van der Waals surface area contributed by atoms with Crippen molar-refractivity contribution >= 4 is 17.9 Å². The summed E-state index contributed by atoms with van der Waals surface area (Å²) in [5.41, 5.74) is 0. The van der Waals surface area contributed by atoms with Gasteiger partial charge in [0.1, 0.15) is 0 Å². The number of rotatable bonds is 3. The van der Waals surface area contributed by atoms with Gasteiger partial charge in [-0.15, -0.1) is 5.10 Å². The lowest BCUT2D eigenvalue weighted by atomic mass is 9.86. The lowest BCUT2D eigenvalue weighted by molar-refractivity contribution is -0.143. The minimum atomic E-state index is -0.803. The molecule has 2 amide bonds. The standard InChI is InChI=1S/C11H15N5O3/c17-9(18)7-2-1-3-8(6-7)14-11(19)15-10-12-4-5-13-16-10/h4-5,7-8H,1-3,6H2,(H,17,18)(H2,12,14,15,16,19). The second-order valence-electron chi connectivity index (χ2n) is 4.46. The molecule has 1 aliphatic carbocycles. The zero-order valence-electron chi connectivity index (χ0n) is 10.2. The van der Waals surface area contributed by atoms with E-state index in [1.165, 1.54) is 12.4 Å². The van der Waals surface area contributed by atoms with Crippen LogP contribution < -0.4 is 10.6 Å². The molecular weight excluding hydrogens is 250 g/mol. The highest BCUT2D eigenvalue weighted by atomic mass is 16.4. The number of hydrogen-bond acceptors (Lipinski definition) is 5. The van der Waals surface area contributed by atoms with Crippen molar-refractivity contribution in [1.82, 2.24) is 20.5 Å². The van der Waals surface area contributed by atoms with Gasteiger partial charge in [0, 0.05) is 6.04 Å². The number of aliphatic carboxylic acids is 1. The molecule has 2 atom stereocenters. The van der Waals surface area contributed by atoms with E-state index in [0.717, 1.165) is 12.8 Å². The molecule has 102 valence electrons. The Morgan fingerprint density at radius 2 is 2.16 bits per heavy atom. The molecule has 0 spiro atoms. The molecule has 1 aromatic heterocycles. The molecule has 0 saturated heterocycles. The Kier molecular flexibility index (Phi) is 4.22. The number of carboxylic acid groups (broad SMARTS) is 1. The van der Waals surface area contributed by atoms with Crippen molar-refractivity contribution in [2.45, 2.75) is 31.7 Å². The summed E-state index contributed by atoms with van der Waals surface area (Å²) in [6, 6.07) is -0.574. The Morgan fingerprint density at radius 3 is 2.84 bits per heavy atom. The van der Waals surface area contributed by atoms with Gasteiger partial charge in [-0.3, -0.25) is 10.1 Å². The third-order valence-corrected chi connectivity index (χ3v) is 3.07. The summed E-state index contributed by atoms with van der Waals surface area (Å²) < 4.78 is 0. The van der Waals surface area contributed by atoms with Crippen LogP contribution in [0.4, 0.5) is 10.7 Å². The Labute approximate surface area is 109 Å². The Bertz CT molecular complexity index is 453. The van der Waals surface area contributed by atoms with Crippen molar-refractivity contribution in [2.75, 3.05) is 5.32 Å². The maximum Gasteiger partial charge on any atom is 0.321 e. The van der Waals surface area contributed by atoms with Gasteiger partial charge >= 0.3 is 12.0 Å².